The van der Waals surface area contributed by atoms with Gasteiger partial charge in [-0.05, 0) is 6.92 Å². The van der Waals surface area contributed by atoms with Gasteiger partial charge in [-0.25, -0.2) is 0 Å². The van der Waals surface area contributed by atoms with Crippen molar-refractivity contribution < 1.29 is 24.8 Å². The van der Waals surface area contributed by atoms with E-state index >= 15 is 0 Å². The Labute approximate surface area is 126 Å². The van der Waals surface area contributed by atoms with Gasteiger partial charge in [-0.1, -0.05) is 0 Å². The average Bonchev–Trinajstić information content (AvgIpc) is 2.09. The Hall–Kier alpha value is 1.37. The number of rotatable bonds is 4. The maximum Gasteiger partial charge on any atom is 2.00 e. The maximum atomic E-state index is 9.40. The smallest absolute Gasteiger partial charge is 0.853 e. The van der Waals surface area contributed by atoms with Gasteiger partial charge in [0.25, 0.3) is 0 Å². The second kappa shape index (κ2) is 36.7. The quantitative estimate of drug-likeness (QED) is 0.580. The van der Waals surface area contributed by atoms with E-state index in [4.69, 9.17) is 5.11 Å². The van der Waals surface area contributed by atoms with Crippen molar-refractivity contribution in [3.8, 4) is 0 Å². The molecule has 0 amide bonds. The molecule has 84 valence electrons. The third-order valence-electron chi connectivity index (χ3n) is 0.575. The van der Waals surface area contributed by atoms with E-state index in [-0.39, 0.29) is 68.7 Å². The van der Waals surface area contributed by atoms with Crippen LogP contribution in [0.2, 0.25) is 0 Å². The predicted molar refractivity (Wildman–Crippen MR) is 52.0 cm³/mol. The summed E-state index contributed by atoms with van der Waals surface area (Å²) in [6.07, 6.45) is 0. The minimum absolute atomic E-state index is 0. The molecule has 0 atom stereocenters. The van der Waals surface area contributed by atoms with E-state index in [1.807, 2.05) is 0 Å². The van der Waals surface area contributed by atoms with Gasteiger partial charge in [0, 0.05) is 34.0 Å². The Kier molecular flexibility index (Phi) is 64.3. The molecule has 0 unspecified atom stereocenters. The number of hydrogen-bond donors (Lipinski definition) is 1. The summed E-state index contributed by atoms with van der Waals surface area (Å²) in [5.74, 6) is 0. The van der Waals surface area contributed by atoms with E-state index in [9.17, 15) is 10.2 Å². The van der Waals surface area contributed by atoms with Gasteiger partial charge in [0.1, 0.15) is 0 Å². The van der Waals surface area contributed by atoms with Gasteiger partial charge < -0.3 is 24.8 Å². The molecule has 0 aromatic carbocycles. The molecule has 0 saturated heterocycles. The summed E-state index contributed by atoms with van der Waals surface area (Å²) in [5, 5.41) is 26.4. The zero-order valence-corrected chi connectivity index (χ0v) is 13.8. The van der Waals surface area contributed by atoms with Crippen LogP contribution in [0, 0.1) is 0 Å². The van der Waals surface area contributed by atoms with Crippen molar-refractivity contribution >= 4 is 48.9 Å². The van der Waals surface area contributed by atoms with Gasteiger partial charge in [0.2, 0.25) is 0 Å². The maximum absolute atomic E-state index is 9.40. The fourth-order valence-electron chi connectivity index (χ4n) is 0.167. The molecule has 0 heterocycles. The van der Waals surface area contributed by atoms with Crippen LogP contribution in [0.15, 0.2) is 0 Å². The van der Waals surface area contributed by atoms with Gasteiger partial charge in [-0.2, -0.15) is 0 Å². The van der Waals surface area contributed by atoms with E-state index in [0.29, 0.717) is 13.2 Å². The average molecular weight is 334 g/mol. The fraction of sp³-hybridized carbons (Fsp3) is 1.00. The molecule has 0 bridgehead atoms. The van der Waals surface area contributed by atoms with Crippen molar-refractivity contribution in [1.82, 2.24) is 0 Å². The van der Waals surface area contributed by atoms with E-state index in [1.165, 1.54) is 14.2 Å². The van der Waals surface area contributed by atoms with Crippen molar-refractivity contribution in [3.05, 3.63) is 0 Å². The second-order valence-electron chi connectivity index (χ2n) is 1.71. The van der Waals surface area contributed by atoms with Crippen LogP contribution in [-0.2, 0) is 9.47 Å². The SMILES string of the molecule is CCO.COCC[O-].COCC[O-].[Ba+2]. The summed E-state index contributed by atoms with van der Waals surface area (Å²) in [7, 11) is 3.02. The summed E-state index contributed by atoms with van der Waals surface area (Å²) < 4.78 is 8.76. The minimum atomic E-state index is -0.128. The first-order chi connectivity index (χ1) is 6.24. The van der Waals surface area contributed by atoms with Crippen LogP contribution in [0.25, 0.3) is 0 Å². The molecule has 0 aliphatic rings. The van der Waals surface area contributed by atoms with E-state index < -0.39 is 0 Å². The van der Waals surface area contributed by atoms with Gasteiger partial charge in [-0.3, -0.25) is 0 Å². The van der Waals surface area contributed by atoms with Crippen molar-refractivity contribution in [3.63, 3.8) is 0 Å². The molecule has 0 radical (unpaired) electrons. The van der Waals surface area contributed by atoms with Crippen LogP contribution in [0.5, 0.6) is 0 Å². The monoisotopic (exact) mass is 334 g/mol. The summed E-state index contributed by atoms with van der Waals surface area (Å²) in [6.45, 7) is 2.34. The van der Waals surface area contributed by atoms with E-state index in [0.717, 1.165) is 0 Å². The largest absolute Gasteiger partial charge is 2.00 e. The van der Waals surface area contributed by atoms with Gasteiger partial charge in [0.15, 0.2) is 0 Å². The van der Waals surface area contributed by atoms with Gasteiger partial charge in [-0.15, -0.1) is 13.2 Å². The summed E-state index contributed by atoms with van der Waals surface area (Å²) in [4.78, 5) is 0. The van der Waals surface area contributed by atoms with Crippen LogP contribution < -0.4 is 10.2 Å². The molecule has 5 nitrogen and oxygen atoms in total. The Morgan fingerprint density at radius 1 is 1.00 bits per heavy atom. The summed E-state index contributed by atoms with van der Waals surface area (Å²) in [6, 6.07) is 0. The number of ether oxygens (including phenoxy) is 2. The normalized spacial score (nSPS) is 7.29. The third kappa shape index (κ3) is 70.9. The Balaban J connectivity index is -0.0000000535. The van der Waals surface area contributed by atoms with E-state index in [1.54, 1.807) is 6.92 Å². The zero-order chi connectivity index (χ0) is 10.9. The molecule has 0 aromatic heterocycles. The molecule has 0 aliphatic heterocycles. The summed E-state index contributed by atoms with van der Waals surface area (Å²) >= 11 is 0. The van der Waals surface area contributed by atoms with Gasteiger partial charge >= 0.3 is 48.9 Å². The molecular formula is C8H20BaO5. The van der Waals surface area contributed by atoms with Crippen molar-refractivity contribution in [1.29, 1.82) is 0 Å². The predicted octanol–water partition coefficient (Wildman–Crippen LogP) is -2.40. The number of hydrogen-bond acceptors (Lipinski definition) is 5. The Bertz CT molecular complexity index is 47.0. The Morgan fingerprint density at radius 2 is 1.21 bits per heavy atom. The first kappa shape index (κ1) is 24.6. The van der Waals surface area contributed by atoms with Crippen LogP contribution in [0.3, 0.4) is 0 Å². The second-order valence-corrected chi connectivity index (χ2v) is 1.71. The minimum Gasteiger partial charge on any atom is -0.853 e. The molecule has 0 fully saturated rings. The first-order valence-corrected chi connectivity index (χ1v) is 3.99. The fourth-order valence-corrected chi connectivity index (χ4v) is 0.167. The van der Waals surface area contributed by atoms with Crippen LogP contribution in [0.1, 0.15) is 6.92 Å². The molecule has 1 N–H and O–H groups in total. The first-order valence-electron chi connectivity index (χ1n) is 3.99. The molecule has 0 aromatic rings. The van der Waals surface area contributed by atoms with Crippen molar-refractivity contribution in [2.75, 3.05) is 47.3 Å². The van der Waals surface area contributed by atoms with Crippen molar-refractivity contribution in [2.45, 2.75) is 6.92 Å². The number of methoxy groups -OCH3 is 2. The number of aliphatic hydroxyl groups excluding tert-OH is 1. The van der Waals surface area contributed by atoms with E-state index in [2.05, 4.69) is 9.47 Å². The Morgan fingerprint density at radius 3 is 1.21 bits per heavy atom. The van der Waals surface area contributed by atoms with Crippen LogP contribution in [0.4, 0.5) is 0 Å². The molecule has 14 heavy (non-hydrogen) atoms. The van der Waals surface area contributed by atoms with Crippen molar-refractivity contribution in [2.24, 2.45) is 0 Å². The van der Waals surface area contributed by atoms with Crippen LogP contribution in [-0.4, -0.2) is 101 Å². The zero-order valence-electron chi connectivity index (χ0n) is 9.32. The molecule has 0 rings (SSSR count). The third-order valence-corrected chi connectivity index (χ3v) is 0.575. The van der Waals surface area contributed by atoms with Crippen LogP contribution >= 0.6 is 0 Å². The topological polar surface area (TPSA) is 84.8 Å². The van der Waals surface area contributed by atoms with Gasteiger partial charge in [0.05, 0.1) is 0 Å². The summed E-state index contributed by atoms with van der Waals surface area (Å²) in [5.41, 5.74) is 0. The molecule has 0 saturated carbocycles. The molecule has 6 heteroatoms. The standard InChI is InChI=1S/2C3H7O2.C2H6O.Ba/c2*1-5-3-2-4;1-2-3;/h2*2-3H2,1H3;3H,2H2,1H3;/q2*-1;;+2. The molecule has 0 spiro atoms. The molecular weight excluding hydrogens is 313 g/mol. The number of aliphatic hydroxyl groups is 1. The molecule has 0 aliphatic carbocycles.